The van der Waals surface area contributed by atoms with Gasteiger partial charge in [0.1, 0.15) is 5.75 Å². The molecule has 0 aliphatic rings. The van der Waals surface area contributed by atoms with Gasteiger partial charge in [-0.2, -0.15) is 16.8 Å². The lowest BCUT2D eigenvalue weighted by Gasteiger charge is -2.04. The van der Waals surface area contributed by atoms with Crippen molar-refractivity contribution in [2.24, 2.45) is 4.99 Å². The standard InChI is InChI=1S/C20H21ClN2O2S3/c1-25-15-4-6-16(7-5-15)27-11-9-19(24)22-20-23(10-12-26-2)17-8-3-14(21)13-18(17)28-20/h3-8,13H,9-12H2,1-2H3. The van der Waals surface area contributed by atoms with Crippen LogP contribution in [-0.2, 0) is 11.3 Å². The second-order valence-electron chi connectivity index (χ2n) is 5.92. The van der Waals surface area contributed by atoms with E-state index < -0.39 is 0 Å². The molecule has 0 radical (unpaired) electrons. The van der Waals surface area contributed by atoms with E-state index in [0.717, 1.165) is 38.0 Å². The number of ether oxygens (including phenoxy) is 1. The molecule has 28 heavy (non-hydrogen) atoms. The molecule has 3 aromatic rings. The van der Waals surface area contributed by atoms with E-state index in [-0.39, 0.29) is 5.91 Å². The Hall–Kier alpha value is -1.41. The van der Waals surface area contributed by atoms with Crippen LogP contribution in [0.3, 0.4) is 0 Å². The van der Waals surface area contributed by atoms with Crippen molar-refractivity contribution in [3.05, 3.63) is 52.3 Å². The van der Waals surface area contributed by atoms with Crippen LogP contribution >= 0.6 is 46.5 Å². The first-order valence-electron chi connectivity index (χ1n) is 8.73. The van der Waals surface area contributed by atoms with E-state index in [1.807, 2.05) is 42.5 Å². The molecule has 1 amide bonds. The normalized spacial score (nSPS) is 11.9. The molecule has 1 aromatic heterocycles. The molecule has 2 aromatic carbocycles. The predicted molar refractivity (Wildman–Crippen MR) is 122 cm³/mol. The van der Waals surface area contributed by atoms with Crippen LogP contribution in [0.2, 0.25) is 5.02 Å². The first-order chi connectivity index (χ1) is 13.6. The van der Waals surface area contributed by atoms with E-state index in [1.165, 1.54) is 11.3 Å². The monoisotopic (exact) mass is 452 g/mol. The number of rotatable bonds is 8. The Morgan fingerprint density at radius 3 is 2.71 bits per heavy atom. The van der Waals surface area contributed by atoms with Crippen LogP contribution in [0.1, 0.15) is 6.42 Å². The largest absolute Gasteiger partial charge is 0.497 e. The lowest BCUT2D eigenvalue weighted by atomic mass is 10.3. The third-order valence-corrected chi connectivity index (χ3v) is 6.91. The number of methoxy groups -OCH3 is 1. The molecule has 0 saturated carbocycles. The summed E-state index contributed by atoms with van der Waals surface area (Å²) in [5.41, 5.74) is 1.07. The zero-order valence-electron chi connectivity index (χ0n) is 15.7. The van der Waals surface area contributed by atoms with E-state index >= 15 is 0 Å². The van der Waals surface area contributed by atoms with Crippen molar-refractivity contribution in [3.63, 3.8) is 0 Å². The van der Waals surface area contributed by atoms with Crippen molar-refractivity contribution in [1.29, 1.82) is 0 Å². The Kier molecular flexibility index (Phi) is 7.91. The van der Waals surface area contributed by atoms with Gasteiger partial charge >= 0.3 is 0 Å². The molecule has 1 heterocycles. The van der Waals surface area contributed by atoms with Crippen molar-refractivity contribution in [1.82, 2.24) is 4.57 Å². The number of carbonyl (C=O) groups is 1. The quantitative estimate of drug-likeness (QED) is 0.433. The zero-order valence-corrected chi connectivity index (χ0v) is 18.9. The average molecular weight is 453 g/mol. The number of fused-ring (bicyclic) bond motifs is 1. The molecule has 4 nitrogen and oxygen atoms in total. The average Bonchev–Trinajstić information content (AvgIpc) is 3.02. The molecule has 0 fully saturated rings. The smallest absolute Gasteiger partial charge is 0.249 e. The lowest BCUT2D eigenvalue weighted by Crippen LogP contribution is -2.18. The summed E-state index contributed by atoms with van der Waals surface area (Å²) >= 11 is 11.0. The Morgan fingerprint density at radius 2 is 2.00 bits per heavy atom. The van der Waals surface area contributed by atoms with Crippen LogP contribution in [0.4, 0.5) is 0 Å². The van der Waals surface area contributed by atoms with E-state index in [4.69, 9.17) is 16.3 Å². The van der Waals surface area contributed by atoms with E-state index in [9.17, 15) is 4.79 Å². The molecule has 0 aliphatic carbocycles. The number of hydrogen-bond acceptors (Lipinski definition) is 5. The number of carbonyl (C=O) groups excluding carboxylic acids is 1. The summed E-state index contributed by atoms with van der Waals surface area (Å²) in [7, 11) is 1.65. The molecule has 0 unspecified atom stereocenters. The second kappa shape index (κ2) is 10.4. The van der Waals surface area contributed by atoms with Gasteiger partial charge in [0, 0.05) is 34.4 Å². The van der Waals surface area contributed by atoms with Gasteiger partial charge in [-0.05, 0) is 48.7 Å². The van der Waals surface area contributed by atoms with Crippen molar-refractivity contribution in [3.8, 4) is 5.75 Å². The number of aromatic nitrogens is 1. The van der Waals surface area contributed by atoms with Crippen LogP contribution in [0.25, 0.3) is 10.2 Å². The molecule has 0 atom stereocenters. The summed E-state index contributed by atoms with van der Waals surface area (Å²) in [6.07, 6.45) is 2.47. The van der Waals surface area contributed by atoms with Crippen molar-refractivity contribution in [2.45, 2.75) is 17.9 Å². The molecule has 0 saturated heterocycles. The third kappa shape index (κ3) is 5.56. The predicted octanol–water partition coefficient (Wildman–Crippen LogP) is 5.34. The molecule has 148 valence electrons. The number of benzene rings is 2. The fraction of sp³-hybridized carbons (Fsp3) is 0.300. The van der Waals surface area contributed by atoms with Crippen molar-refractivity contribution < 1.29 is 9.53 Å². The summed E-state index contributed by atoms with van der Waals surface area (Å²) in [5, 5.41) is 0.694. The first-order valence-corrected chi connectivity index (χ1v) is 12.3. The summed E-state index contributed by atoms with van der Waals surface area (Å²) in [6, 6.07) is 13.6. The molecule has 0 spiro atoms. The number of halogens is 1. The Balaban J connectivity index is 1.71. The first kappa shape index (κ1) is 21.3. The highest BCUT2D eigenvalue weighted by Gasteiger charge is 2.09. The summed E-state index contributed by atoms with van der Waals surface area (Å²) in [6.45, 7) is 0.815. The fourth-order valence-electron chi connectivity index (χ4n) is 2.62. The highest BCUT2D eigenvalue weighted by Crippen LogP contribution is 2.23. The van der Waals surface area contributed by atoms with Gasteiger partial charge in [-0.25, -0.2) is 0 Å². The van der Waals surface area contributed by atoms with E-state index in [1.54, 1.807) is 30.6 Å². The maximum atomic E-state index is 12.4. The van der Waals surface area contributed by atoms with Crippen molar-refractivity contribution in [2.75, 3.05) is 24.9 Å². The van der Waals surface area contributed by atoms with Gasteiger partial charge in [0.15, 0.2) is 4.80 Å². The van der Waals surface area contributed by atoms with Crippen LogP contribution in [0, 0.1) is 0 Å². The number of thioether (sulfide) groups is 2. The molecular formula is C20H21ClN2O2S3. The lowest BCUT2D eigenvalue weighted by molar-refractivity contribution is -0.117. The third-order valence-electron chi connectivity index (χ3n) is 4.03. The summed E-state index contributed by atoms with van der Waals surface area (Å²) < 4.78 is 8.32. The molecular weight excluding hydrogens is 432 g/mol. The van der Waals surface area contributed by atoms with Gasteiger partial charge in [0.2, 0.25) is 5.91 Å². The number of nitrogens with zero attached hydrogens (tertiary/aromatic N) is 2. The molecule has 0 N–H and O–H groups in total. The topological polar surface area (TPSA) is 43.6 Å². The van der Waals surface area contributed by atoms with Gasteiger partial charge in [-0.3, -0.25) is 4.79 Å². The van der Waals surface area contributed by atoms with Gasteiger partial charge in [0.25, 0.3) is 0 Å². The number of amides is 1. The minimum absolute atomic E-state index is 0.100. The number of hydrogen-bond donors (Lipinski definition) is 0. The van der Waals surface area contributed by atoms with E-state index in [2.05, 4.69) is 15.8 Å². The minimum Gasteiger partial charge on any atom is -0.497 e. The number of aryl methyl sites for hydroxylation is 1. The maximum absolute atomic E-state index is 12.4. The second-order valence-corrected chi connectivity index (χ2v) is 9.52. The molecule has 8 heteroatoms. The summed E-state index contributed by atoms with van der Waals surface area (Å²) in [4.78, 5) is 18.7. The zero-order chi connectivity index (χ0) is 19.9. The van der Waals surface area contributed by atoms with E-state index in [0.29, 0.717) is 17.2 Å². The molecule has 0 bridgehead atoms. The summed E-state index contributed by atoms with van der Waals surface area (Å²) in [5.74, 6) is 2.38. The van der Waals surface area contributed by atoms with Gasteiger partial charge in [0.05, 0.1) is 17.3 Å². The number of thiazole rings is 1. The Bertz CT molecular complexity index is 1010. The van der Waals surface area contributed by atoms with Gasteiger partial charge < -0.3 is 9.30 Å². The van der Waals surface area contributed by atoms with Crippen LogP contribution in [0.5, 0.6) is 5.75 Å². The highest BCUT2D eigenvalue weighted by atomic mass is 35.5. The molecule has 0 aliphatic heterocycles. The van der Waals surface area contributed by atoms with Gasteiger partial charge in [-0.1, -0.05) is 22.9 Å². The Labute approximate surface area is 182 Å². The van der Waals surface area contributed by atoms with Crippen molar-refractivity contribution >= 4 is 62.6 Å². The molecule has 3 rings (SSSR count). The maximum Gasteiger partial charge on any atom is 0.249 e. The Morgan fingerprint density at radius 1 is 1.21 bits per heavy atom. The SMILES string of the molecule is COc1ccc(SCCC(=O)N=c2sc3cc(Cl)ccc3n2CCSC)cc1. The minimum atomic E-state index is -0.100. The fourth-order valence-corrected chi connectivity index (χ4v) is 5.18. The van der Waals surface area contributed by atoms with Crippen LogP contribution in [-0.4, -0.2) is 35.3 Å². The highest BCUT2D eigenvalue weighted by molar-refractivity contribution is 7.99. The van der Waals surface area contributed by atoms with Gasteiger partial charge in [-0.15, -0.1) is 11.8 Å². The van der Waals surface area contributed by atoms with Crippen LogP contribution in [0.15, 0.2) is 52.4 Å². The van der Waals surface area contributed by atoms with Crippen LogP contribution < -0.4 is 9.54 Å².